The number of alkyl halides is 3. The van der Waals surface area contributed by atoms with Crippen LogP contribution in [0.15, 0.2) is 35.7 Å². The molecule has 5 nitrogen and oxygen atoms in total. The number of carbonyl (C=O) groups excluding carboxylic acids is 1. The minimum atomic E-state index is -5.18. The van der Waals surface area contributed by atoms with Crippen molar-refractivity contribution in [2.24, 2.45) is 0 Å². The van der Waals surface area contributed by atoms with E-state index in [2.05, 4.69) is 6.58 Å². The van der Waals surface area contributed by atoms with Crippen molar-refractivity contribution in [3.05, 3.63) is 35.9 Å². The van der Waals surface area contributed by atoms with E-state index in [0.717, 1.165) is 18.2 Å². The Balaban J connectivity index is 3.10. The van der Waals surface area contributed by atoms with Crippen molar-refractivity contribution >= 4 is 33.0 Å². The van der Waals surface area contributed by atoms with E-state index in [9.17, 15) is 31.5 Å². The smallest absolute Gasteiger partial charge is 0.373 e. The summed E-state index contributed by atoms with van der Waals surface area (Å²) in [6.45, 7) is 3.59. The molecular weight excluding hydrogens is 359 g/mol. The Morgan fingerprint density at radius 1 is 1.43 bits per heavy atom. The molecule has 0 saturated carbocycles. The average molecular weight is 372 g/mol. The van der Waals surface area contributed by atoms with Gasteiger partial charge in [-0.3, -0.25) is 4.79 Å². The van der Waals surface area contributed by atoms with Crippen LogP contribution in [0.25, 0.3) is 0 Å². The molecule has 0 bridgehead atoms. The Morgan fingerprint density at radius 2 is 2.00 bits per heavy atom. The molecule has 1 aromatic carbocycles. The van der Waals surface area contributed by atoms with Gasteiger partial charge in [0, 0.05) is 0 Å². The second-order valence-corrected chi connectivity index (χ2v) is 7.18. The Morgan fingerprint density at radius 3 is 2.43 bits per heavy atom. The maximum Gasteiger partial charge on any atom is 0.426 e. The fourth-order valence-corrected chi connectivity index (χ4v) is 2.78. The number of nitrogens with one attached hydrogen (secondary N) is 1. The summed E-state index contributed by atoms with van der Waals surface area (Å²) in [5, 5.41) is 10.8. The molecule has 0 aliphatic heterocycles. The van der Waals surface area contributed by atoms with Crippen LogP contribution in [0.1, 0.15) is 6.92 Å². The van der Waals surface area contributed by atoms with Crippen LogP contribution in [0, 0.1) is 0 Å². The first-order chi connectivity index (χ1) is 10.3. The summed E-state index contributed by atoms with van der Waals surface area (Å²) in [7, 11) is -3.67. The van der Waals surface area contributed by atoms with Gasteiger partial charge in [-0.25, -0.2) is 8.42 Å². The number of rotatable bonds is 5. The third-order valence-electron chi connectivity index (χ3n) is 2.88. The van der Waals surface area contributed by atoms with E-state index in [1.165, 1.54) is 6.08 Å². The zero-order valence-electron chi connectivity index (χ0n) is 11.8. The maximum atomic E-state index is 12.6. The Kier molecular flexibility index (Phi) is 5.50. The van der Waals surface area contributed by atoms with Gasteiger partial charge in [-0.05, 0) is 25.1 Å². The van der Waals surface area contributed by atoms with Gasteiger partial charge < -0.3 is 10.4 Å². The first-order valence-electron chi connectivity index (χ1n) is 6.06. The summed E-state index contributed by atoms with van der Waals surface area (Å²) in [6, 6.07) is 3.09. The van der Waals surface area contributed by atoms with Gasteiger partial charge >= 0.3 is 6.18 Å². The van der Waals surface area contributed by atoms with Gasteiger partial charge in [-0.2, -0.15) is 13.2 Å². The lowest BCUT2D eigenvalue weighted by molar-refractivity contribution is -0.242. The minimum Gasteiger partial charge on any atom is -0.373 e. The largest absolute Gasteiger partial charge is 0.426 e. The Hall–Kier alpha value is -1.58. The van der Waals surface area contributed by atoms with Crippen molar-refractivity contribution in [2.75, 3.05) is 11.1 Å². The van der Waals surface area contributed by atoms with E-state index in [1.807, 2.05) is 5.32 Å². The second kappa shape index (κ2) is 6.50. The first-order valence-corrected chi connectivity index (χ1v) is 8.09. The summed E-state index contributed by atoms with van der Waals surface area (Å²) in [5.41, 5.74) is -3.89. The van der Waals surface area contributed by atoms with Crippen molar-refractivity contribution in [1.82, 2.24) is 0 Å². The third-order valence-corrected chi connectivity index (χ3v) is 4.84. The van der Waals surface area contributed by atoms with Crippen LogP contribution >= 0.6 is 11.6 Å². The van der Waals surface area contributed by atoms with Crippen LogP contribution in [0.5, 0.6) is 0 Å². The zero-order valence-corrected chi connectivity index (χ0v) is 13.4. The summed E-state index contributed by atoms with van der Waals surface area (Å²) < 4.78 is 61.3. The number of hydrogen-bond acceptors (Lipinski definition) is 4. The van der Waals surface area contributed by atoms with Crippen LogP contribution in [0.3, 0.4) is 0 Å². The number of benzene rings is 1. The van der Waals surface area contributed by atoms with E-state index in [4.69, 9.17) is 11.6 Å². The van der Waals surface area contributed by atoms with Gasteiger partial charge in [-0.1, -0.05) is 17.7 Å². The topological polar surface area (TPSA) is 83.5 Å². The molecule has 0 saturated heterocycles. The predicted molar refractivity (Wildman–Crippen MR) is 79.0 cm³/mol. The highest BCUT2D eigenvalue weighted by molar-refractivity contribution is 7.91. The van der Waals surface area contributed by atoms with E-state index < -0.39 is 27.5 Å². The van der Waals surface area contributed by atoms with E-state index in [0.29, 0.717) is 6.92 Å². The Bertz CT molecular complexity index is 729. The molecule has 1 unspecified atom stereocenters. The highest BCUT2D eigenvalue weighted by atomic mass is 35.5. The highest BCUT2D eigenvalue weighted by Gasteiger charge is 2.55. The molecule has 0 aliphatic rings. The molecule has 0 aliphatic carbocycles. The molecule has 0 fully saturated rings. The lowest BCUT2D eigenvalue weighted by Gasteiger charge is -2.25. The third kappa shape index (κ3) is 4.24. The van der Waals surface area contributed by atoms with Gasteiger partial charge in [0.05, 0.1) is 21.4 Å². The highest BCUT2D eigenvalue weighted by Crippen LogP contribution is 2.32. The molecule has 23 heavy (non-hydrogen) atoms. The molecule has 2 N–H and O–H groups in total. The molecule has 0 heterocycles. The van der Waals surface area contributed by atoms with Crippen LogP contribution in [-0.4, -0.2) is 37.0 Å². The molecule has 0 spiro atoms. The quantitative estimate of drug-likeness (QED) is 0.779. The maximum absolute atomic E-state index is 12.6. The molecule has 10 heteroatoms. The van der Waals surface area contributed by atoms with Crippen LogP contribution in [-0.2, 0) is 14.6 Å². The standard InChI is InChI=1S/C13H13ClF3NO4S/c1-3-6-23(21,22)8-4-5-10(9(14)7-8)18-11(19)12(2,20)13(15,16)17/h3-5,7,20H,1,6H2,2H3,(H,18,19). The van der Waals surface area contributed by atoms with Crippen LogP contribution in [0.4, 0.5) is 18.9 Å². The number of anilines is 1. The van der Waals surface area contributed by atoms with Crippen molar-refractivity contribution in [1.29, 1.82) is 0 Å². The summed E-state index contributed by atoms with van der Waals surface area (Å²) in [6.07, 6.45) is -4.02. The average Bonchev–Trinajstić information content (AvgIpc) is 2.39. The lowest BCUT2D eigenvalue weighted by atomic mass is 10.1. The summed E-state index contributed by atoms with van der Waals surface area (Å²) in [4.78, 5) is 11.4. The van der Waals surface area contributed by atoms with Crippen molar-refractivity contribution in [3.63, 3.8) is 0 Å². The minimum absolute atomic E-state index is 0.178. The second-order valence-electron chi connectivity index (χ2n) is 4.74. The molecular formula is C13H13ClF3NO4S. The van der Waals surface area contributed by atoms with Crippen LogP contribution < -0.4 is 5.32 Å². The molecule has 128 valence electrons. The van der Waals surface area contributed by atoms with Crippen LogP contribution in [0.2, 0.25) is 5.02 Å². The number of amides is 1. The van der Waals surface area contributed by atoms with Gasteiger partial charge in [0.2, 0.25) is 5.60 Å². The van der Waals surface area contributed by atoms with Gasteiger partial charge in [0.1, 0.15) is 0 Å². The predicted octanol–water partition coefficient (Wildman–Crippen LogP) is 2.55. The molecule has 1 aromatic rings. The lowest BCUT2D eigenvalue weighted by Crippen LogP contribution is -2.52. The number of halogens is 4. The number of carbonyl (C=O) groups is 1. The summed E-state index contributed by atoms with van der Waals surface area (Å²) in [5.74, 6) is -2.09. The van der Waals surface area contributed by atoms with Crippen molar-refractivity contribution in [2.45, 2.75) is 23.6 Å². The SMILES string of the molecule is C=CCS(=O)(=O)c1ccc(NC(=O)C(C)(O)C(F)(F)F)c(Cl)c1. The fourth-order valence-electron chi connectivity index (χ4n) is 1.41. The molecule has 0 aromatic heterocycles. The van der Waals surface area contributed by atoms with Gasteiger partial charge in [0.25, 0.3) is 5.91 Å². The summed E-state index contributed by atoms with van der Waals surface area (Å²) >= 11 is 5.78. The van der Waals surface area contributed by atoms with E-state index in [1.54, 1.807) is 0 Å². The molecule has 1 atom stereocenters. The van der Waals surface area contributed by atoms with Gasteiger partial charge in [0.15, 0.2) is 9.84 Å². The van der Waals surface area contributed by atoms with Crippen molar-refractivity contribution < 1.29 is 31.5 Å². The normalized spacial score (nSPS) is 14.9. The van der Waals surface area contributed by atoms with Gasteiger partial charge in [-0.15, -0.1) is 6.58 Å². The monoisotopic (exact) mass is 371 g/mol. The van der Waals surface area contributed by atoms with E-state index in [-0.39, 0.29) is 21.4 Å². The number of hydrogen-bond donors (Lipinski definition) is 2. The Labute approximate surface area is 135 Å². The zero-order chi connectivity index (χ0) is 18.1. The van der Waals surface area contributed by atoms with Crippen molar-refractivity contribution in [3.8, 4) is 0 Å². The first kappa shape index (κ1) is 19.5. The molecule has 1 amide bonds. The number of sulfone groups is 1. The number of aliphatic hydroxyl groups is 1. The molecule has 0 radical (unpaired) electrons. The molecule has 1 rings (SSSR count). The fraction of sp³-hybridized carbons (Fsp3) is 0.308. The van der Waals surface area contributed by atoms with E-state index >= 15 is 0 Å².